The Morgan fingerprint density at radius 1 is 1.00 bits per heavy atom. The molecular weight excluding hydrogens is 428 g/mol. The Labute approximate surface area is 187 Å². The van der Waals surface area contributed by atoms with Crippen molar-refractivity contribution in [2.45, 2.75) is 24.7 Å². The van der Waals surface area contributed by atoms with Gasteiger partial charge in [-0.25, -0.2) is 8.42 Å². The number of rotatable bonds is 7. The lowest BCUT2D eigenvalue weighted by Gasteiger charge is -2.18. The van der Waals surface area contributed by atoms with Gasteiger partial charge in [0.05, 0.1) is 12.8 Å². The number of carbonyl (C=O) groups excluding carboxylic acids is 1. The molecular formula is C23H24N4O4S. The number of anilines is 2. The van der Waals surface area contributed by atoms with E-state index in [0.717, 1.165) is 18.5 Å². The van der Waals surface area contributed by atoms with E-state index in [4.69, 9.17) is 4.74 Å². The molecule has 1 aliphatic heterocycles. The molecule has 0 radical (unpaired) electrons. The molecule has 0 unspecified atom stereocenters. The van der Waals surface area contributed by atoms with Gasteiger partial charge < -0.3 is 10.1 Å². The Bertz CT molecular complexity index is 1220. The third-order valence-corrected chi connectivity index (χ3v) is 7.29. The molecule has 8 nitrogen and oxygen atoms in total. The summed E-state index contributed by atoms with van der Waals surface area (Å²) in [4.78, 5) is 11.5. The summed E-state index contributed by atoms with van der Waals surface area (Å²) in [5.74, 6) is 0.843. The number of ketones is 1. The first-order valence-electron chi connectivity index (χ1n) is 10.3. The summed E-state index contributed by atoms with van der Waals surface area (Å²) in [6, 6.07) is 15.6. The number of ether oxygens (including phenoxy) is 1. The second kappa shape index (κ2) is 9.05. The van der Waals surface area contributed by atoms with Crippen LogP contribution >= 0.6 is 0 Å². The van der Waals surface area contributed by atoms with Crippen LogP contribution in [0.1, 0.15) is 30.1 Å². The first-order valence-corrected chi connectivity index (χ1v) is 11.7. The van der Waals surface area contributed by atoms with Crippen LogP contribution in [0.4, 0.5) is 11.5 Å². The fourth-order valence-corrected chi connectivity index (χ4v) is 5.29. The zero-order valence-electron chi connectivity index (χ0n) is 17.9. The summed E-state index contributed by atoms with van der Waals surface area (Å²) >= 11 is 0. The SMILES string of the molecule is COc1ccc(-c2ccc(Nc3ccc(C(C)=O)cc3)nn2)cc1S(=O)(=O)N1CCCC1. The Morgan fingerprint density at radius 3 is 2.31 bits per heavy atom. The number of methoxy groups -OCH3 is 1. The molecule has 0 saturated carbocycles. The minimum absolute atomic E-state index is 0.00583. The molecule has 2 heterocycles. The van der Waals surface area contributed by atoms with Crippen molar-refractivity contribution in [2.24, 2.45) is 0 Å². The monoisotopic (exact) mass is 452 g/mol. The van der Waals surface area contributed by atoms with Gasteiger partial charge in [-0.15, -0.1) is 10.2 Å². The van der Waals surface area contributed by atoms with Gasteiger partial charge in [0.2, 0.25) is 10.0 Å². The van der Waals surface area contributed by atoms with Crippen molar-refractivity contribution in [1.29, 1.82) is 0 Å². The topological polar surface area (TPSA) is 101 Å². The summed E-state index contributed by atoms with van der Waals surface area (Å²) < 4.78 is 33.0. The van der Waals surface area contributed by atoms with Crippen LogP contribution in [0.2, 0.25) is 0 Å². The van der Waals surface area contributed by atoms with E-state index >= 15 is 0 Å². The molecule has 3 aromatic rings. The number of aromatic nitrogens is 2. The molecule has 1 aromatic heterocycles. The van der Waals surface area contributed by atoms with E-state index in [0.29, 0.717) is 41.5 Å². The molecule has 166 valence electrons. The van der Waals surface area contributed by atoms with Crippen molar-refractivity contribution in [1.82, 2.24) is 14.5 Å². The fraction of sp³-hybridized carbons (Fsp3) is 0.261. The van der Waals surface area contributed by atoms with Crippen LogP contribution in [-0.4, -0.2) is 48.9 Å². The molecule has 1 aliphatic rings. The Morgan fingerprint density at radius 2 is 1.72 bits per heavy atom. The van der Waals surface area contributed by atoms with Crippen molar-refractivity contribution >= 4 is 27.3 Å². The smallest absolute Gasteiger partial charge is 0.246 e. The first-order chi connectivity index (χ1) is 15.4. The molecule has 0 spiro atoms. The van der Waals surface area contributed by atoms with Crippen molar-refractivity contribution in [3.63, 3.8) is 0 Å². The highest BCUT2D eigenvalue weighted by atomic mass is 32.2. The summed E-state index contributed by atoms with van der Waals surface area (Å²) in [5.41, 5.74) is 2.59. The lowest BCUT2D eigenvalue weighted by molar-refractivity contribution is 0.101. The van der Waals surface area contributed by atoms with Crippen LogP contribution in [0.25, 0.3) is 11.3 Å². The lowest BCUT2D eigenvalue weighted by Crippen LogP contribution is -2.28. The lowest BCUT2D eigenvalue weighted by atomic mass is 10.1. The second-order valence-electron chi connectivity index (χ2n) is 7.54. The van der Waals surface area contributed by atoms with E-state index in [9.17, 15) is 13.2 Å². The molecule has 1 N–H and O–H groups in total. The van der Waals surface area contributed by atoms with Gasteiger partial charge in [0, 0.05) is 29.9 Å². The van der Waals surface area contributed by atoms with Gasteiger partial charge in [0.1, 0.15) is 10.6 Å². The first kappa shape index (κ1) is 21.9. The molecule has 4 rings (SSSR count). The van der Waals surface area contributed by atoms with E-state index in [1.54, 1.807) is 54.6 Å². The summed E-state index contributed by atoms with van der Waals surface area (Å²) in [6.45, 7) is 2.56. The zero-order chi connectivity index (χ0) is 22.7. The van der Waals surface area contributed by atoms with E-state index < -0.39 is 10.0 Å². The fourth-order valence-electron chi connectivity index (χ4n) is 3.59. The third kappa shape index (κ3) is 4.49. The number of benzene rings is 2. The van der Waals surface area contributed by atoms with Gasteiger partial charge in [-0.3, -0.25) is 4.79 Å². The van der Waals surface area contributed by atoms with Crippen LogP contribution in [0.3, 0.4) is 0 Å². The van der Waals surface area contributed by atoms with Crippen molar-refractivity contribution < 1.29 is 17.9 Å². The summed E-state index contributed by atoms with van der Waals surface area (Å²) in [5, 5.41) is 11.6. The van der Waals surface area contributed by atoms with Gasteiger partial charge in [-0.1, -0.05) is 0 Å². The van der Waals surface area contributed by atoms with E-state index in [-0.39, 0.29) is 10.7 Å². The highest BCUT2D eigenvalue weighted by Crippen LogP contribution is 2.32. The Balaban J connectivity index is 1.58. The van der Waals surface area contributed by atoms with Crippen molar-refractivity contribution in [3.8, 4) is 17.0 Å². The standard InChI is InChI=1S/C23H24N4O4S/c1-16(28)17-5-8-19(9-6-17)24-23-12-10-20(25-26-23)18-7-11-21(31-2)22(15-18)32(29,30)27-13-3-4-14-27/h5-12,15H,3-4,13-14H2,1-2H3,(H,24,26). The van der Waals surface area contributed by atoms with E-state index in [2.05, 4.69) is 15.5 Å². The van der Waals surface area contributed by atoms with Crippen LogP contribution in [0.15, 0.2) is 59.5 Å². The Hall–Kier alpha value is -3.30. The number of hydrogen-bond donors (Lipinski definition) is 1. The molecule has 0 amide bonds. The maximum Gasteiger partial charge on any atom is 0.246 e. The molecule has 9 heteroatoms. The average molecular weight is 453 g/mol. The van der Waals surface area contributed by atoms with Gasteiger partial charge in [0.15, 0.2) is 11.6 Å². The number of nitrogens with one attached hydrogen (secondary N) is 1. The minimum atomic E-state index is -3.65. The van der Waals surface area contributed by atoms with Gasteiger partial charge in [-0.2, -0.15) is 4.31 Å². The molecule has 0 aliphatic carbocycles. The number of sulfonamides is 1. The van der Waals surface area contributed by atoms with Crippen LogP contribution < -0.4 is 10.1 Å². The van der Waals surface area contributed by atoms with E-state index in [1.165, 1.54) is 18.3 Å². The maximum absolute atomic E-state index is 13.1. The molecule has 0 bridgehead atoms. The highest BCUT2D eigenvalue weighted by molar-refractivity contribution is 7.89. The van der Waals surface area contributed by atoms with Crippen LogP contribution in [0, 0.1) is 0 Å². The average Bonchev–Trinajstić information content (AvgIpc) is 3.35. The predicted octanol–water partition coefficient (Wildman–Crippen LogP) is 3.88. The highest BCUT2D eigenvalue weighted by Gasteiger charge is 2.30. The van der Waals surface area contributed by atoms with Gasteiger partial charge >= 0.3 is 0 Å². The van der Waals surface area contributed by atoms with Crippen molar-refractivity contribution in [3.05, 3.63) is 60.2 Å². The summed E-state index contributed by atoms with van der Waals surface area (Å²) in [7, 11) is -2.19. The molecule has 2 aromatic carbocycles. The number of hydrogen-bond acceptors (Lipinski definition) is 7. The van der Waals surface area contributed by atoms with Crippen molar-refractivity contribution in [2.75, 3.05) is 25.5 Å². The molecule has 1 saturated heterocycles. The van der Waals surface area contributed by atoms with Crippen LogP contribution in [-0.2, 0) is 10.0 Å². The number of Topliss-reactive ketones (excluding diaryl/α,β-unsaturated/α-hetero) is 1. The molecule has 1 fully saturated rings. The number of nitrogens with zero attached hydrogens (tertiary/aromatic N) is 3. The normalized spacial score (nSPS) is 14.3. The molecule has 0 atom stereocenters. The maximum atomic E-state index is 13.1. The summed E-state index contributed by atoms with van der Waals surface area (Å²) in [6.07, 6.45) is 1.72. The van der Waals surface area contributed by atoms with Crippen LogP contribution in [0.5, 0.6) is 5.75 Å². The predicted molar refractivity (Wildman–Crippen MR) is 122 cm³/mol. The van der Waals surface area contributed by atoms with Gasteiger partial charge in [0.25, 0.3) is 0 Å². The van der Waals surface area contributed by atoms with Gasteiger partial charge in [-0.05, 0) is 74.4 Å². The number of carbonyl (C=O) groups is 1. The second-order valence-corrected chi connectivity index (χ2v) is 9.45. The zero-order valence-corrected chi connectivity index (χ0v) is 18.7. The third-order valence-electron chi connectivity index (χ3n) is 5.37. The Kier molecular flexibility index (Phi) is 6.20. The molecule has 32 heavy (non-hydrogen) atoms. The van der Waals surface area contributed by atoms with E-state index in [1.807, 2.05) is 0 Å². The quantitative estimate of drug-likeness (QED) is 0.543. The minimum Gasteiger partial charge on any atom is -0.495 e. The largest absolute Gasteiger partial charge is 0.495 e.